The second-order valence-corrected chi connectivity index (χ2v) is 8.44. The minimum absolute atomic E-state index is 0.0840. The zero-order chi connectivity index (χ0) is 18.7. The highest BCUT2D eigenvalue weighted by atomic mass is 32.2. The van der Waals surface area contributed by atoms with Gasteiger partial charge in [-0.1, -0.05) is 0 Å². The molecule has 3 N–H and O–H groups in total. The van der Waals surface area contributed by atoms with Crippen LogP contribution < -0.4 is 10.5 Å². The molecule has 1 aliphatic rings. The summed E-state index contributed by atoms with van der Waals surface area (Å²) in [5.74, 6) is 0. The third-order valence-electron chi connectivity index (χ3n) is 4.31. The van der Waals surface area contributed by atoms with E-state index < -0.39 is 14.9 Å². The summed E-state index contributed by atoms with van der Waals surface area (Å²) in [5, 5.41) is 21.5. The fraction of sp³-hybridized carbons (Fsp3) is 0.400. The summed E-state index contributed by atoms with van der Waals surface area (Å²) in [7, 11) is -3.98. The van der Waals surface area contributed by atoms with Crippen molar-refractivity contribution >= 4 is 32.7 Å². The predicted octanol–water partition coefficient (Wildman–Crippen LogP) is 1.78. The number of nitrogens with zero attached hydrogens (tertiary/aromatic N) is 3. The number of rotatable bonds is 6. The number of primary sulfonamides is 1. The van der Waals surface area contributed by atoms with Crippen molar-refractivity contribution < 1.29 is 13.3 Å². The maximum absolute atomic E-state index is 11.4. The number of nitro groups is 1. The van der Waals surface area contributed by atoms with Gasteiger partial charge in [0.2, 0.25) is 10.0 Å². The molecule has 9 nitrogen and oxygen atoms in total. The van der Waals surface area contributed by atoms with Crippen LogP contribution in [0, 0.1) is 10.1 Å². The number of nitro benzene ring substituents is 1. The van der Waals surface area contributed by atoms with Crippen LogP contribution in [0.2, 0.25) is 0 Å². The predicted molar refractivity (Wildman–Crippen MR) is 98.5 cm³/mol. The summed E-state index contributed by atoms with van der Waals surface area (Å²) in [4.78, 5) is 17.0. The van der Waals surface area contributed by atoms with Crippen LogP contribution in [0.4, 0.5) is 11.4 Å². The third-order valence-corrected chi connectivity index (χ3v) is 5.86. The average molecular weight is 397 g/mol. The van der Waals surface area contributed by atoms with Crippen molar-refractivity contribution in [3.63, 3.8) is 0 Å². The summed E-state index contributed by atoms with van der Waals surface area (Å²) in [6.07, 6.45) is 1.66. The molecule has 1 aromatic carbocycles. The molecule has 26 heavy (non-hydrogen) atoms. The number of aromatic nitrogens is 1. The molecule has 1 saturated heterocycles. The molecule has 3 rings (SSSR count). The molecule has 11 heteroatoms. The molecule has 2 aromatic rings. The van der Waals surface area contributed by atoms with Crippen molar-refractivity contribution in [1.82, 2.24) is 9.88 Å². The molecule has 1 fully saturated rings. The summed E-state index contributed by atoms with van der Waals surface area (Å²) in [6.45, 7) is 2.52. The highest BCUT2D eigenvalue weighted by molar-refractivity contribution is 7.89. The van der Waals surface area contributed by atoms with Gasteiger partial charge in [0.1, 0.15) is 5.69 Å². The zero-order valence-corrected chi connectivity index (χ0v) is 15.5. The second kappa shape index (κ2) is 7.66. The molecule has 0 radical (unpaired) electrons. The van der Waals surface area contributed by atoms with E-state index in [0.717, 1.165) is 44.2 Å². The number of thiazole rings is 1. The lowest BCUT2D eigenvalue weighted by Gasteiger charge is -2.32. The van der Waals surface area contributed by atoms with Gasteiger partial charge >= 0.3 is 0 Å². The van der Waals surface area contributed by atoms with Crippen LogP contribution in [0.25, 0.3) is 0 Å². The van der Waals surface area contributed by atoms with Gasteiger partial charge in [0.15, 0.2) is 0 Å². The van der Waals surface area contributed by atoms with E-state index in [-0.39, 0.29) is 16.6 Å². The molecular formula is C15H19N5O4S2. The van der Waals surface area contributed by atoms with Gasteiger partial charge in [-0.2, -0.15) is 0 Å². The Balaban J connectivity index is 1.65. The molecule has 2 heterocycles. The monoisotopic (exact) mass is 397 g/mol. The molecule has 0 amide bonds. The lowest BCUT2D eigenvalue weighted by molar-refractivity contribution is -0.384. The highest BCUT2D eigenvalue weighted by Gasteiger charge is 2.24. The van der Waals surface area contributed by atoms with Gasteiger partial charge in [-0.25, -0.2) is 18.5 Å². The van der Waals surface area contributed by atoms with Crippen LogP contribution >= 0.6 is 11.3 Å². The number of benzene rings is 1. The van der Waals surface area contributed by atoms with Gasteiger partial charge in [-0.05, 0) is 25.0 Å². The Bertz CT molecular complexity index is 877. The minimum atomic E-state index is -3.98. The van der Waals surface area contributed by atoms with Crippen molar-refractivity contribution in [2.24, 2.45) is 5.14 Å². The molecule has 0 atom stereocenters. The van der Waals surface area contributed by atoms with E-state index in [1.165, 1.54) is 12.1 Å². The van der Waals surface area contributed by atoms with Gasteiger partial charge in [0, 0.05) is 37.1 Å². The molecule has 0 bridgehead atoms. The van der Waals surface area contributed by atoms with Crippen LogP contribution in [0.15, 0.2) is 34.0 Å². The molecule has 140 valence electrons. The fourth-order valence-corrected chi connectivity index (χ4v) is 4.04. The van der Waals surface area contributed by atoms with Crippen molar-refractivity contribution in [2.45, 2.75) is 30.3 Å². The zero-order valence-electron chi connectivity index (χ0n) is 13.9. The van der Waals surface area contributed by atoms with Crippen molar-refractivity contribution in [3.8, 4) is 0 Å². The lowest BCUT2D eigenvalue weighted by atomic mass is 10.0. The molecule has 0 aliphatic carbocycles. The summed E-state index contributed by atoms with van der Waals surface area (Å²) in [5.41, 5.74) is 2.88. The van der Waals surface area contributed by atoms with Gasteiger partial charge in [0.05, 0.1) is 21.0 Å². The number of hydrogen-bond acceptors (Lipinski definition) is 8. The van der Waals surface area contributed by atoms with Crippen LogP contribution in [0.1, 0.15) is 18.5 Å². The molecule has 1 aliphatic heterocycles. The van der Waals surface area contributed by atoms with Gasteiger partial charge < -0.3 is 5.32 Å². The summed E-state index contributed by atoms with van der Waals surface area (Å²) < 4.78 is 22.8. The fourth-order valence-electron chi connectivity index (χ4n) is 2.96. The quantitative estimate of drug-likeness (QED) is 0.561. The maximum atomic E-state index is 11.4. The van der Waals surface area contributed by atoms with E-state index in [1.807, 2.05) is 10.9 Å². The summed E-state index contributed by atoms with van der Waals surface area (Å²) in [6, 6.07) is 3.76. The van der Waals surface area contributed by atoms with Crippen molar-refractivity contribution in [2.75, 3.05) is 18.4 Å². The smallest absolute Gasteiger partial charge is 0.293 e. The number of sulfonamides is 1. The highest BCUT2D eigenvalue weighted by Crippen LogP contribution is 2.29. The summed E-state index contributed by atoms with van der Waals surface area (Å²) >= 11 is 1.57. The number of nitrogens with two attached hydrogens (primary N) is 1. The van der Waals surface area contributed by atoms with Crippen LogP contribution in [0.3, 0.4) is 0 Å². The van der Waals surface area contributed by atoms with Gasteiger partial charge in [-0.15, -0.1) is 11.3 Å². The Morgan fingerprint density at radius 1 is 1.38 bits per heavy atom. The van der Waals surface area contributed by atoms with Crippen LogP contribution in [-0.2, 0) is 16.6 Å². The van der Waals surface area contributed by atoms with E-state index in [0.29, 0.717) is 5.69 Å². The first kappa shape index (κ1) is 18.7. The topological polar surface area (TPSA) is 131 Å². The van der Waals surface area contributed by atoms with E-state index in [9.17, 15) is 18.5 Å². The molecule has 0 saturated carbocycles. The first-order valence-corrected chi connectivity index (χ1v) is 10.5. The van der Waals surface area contributed by atoms with E-state index >= 15 is 0 Å². The van der Waals surface area contributed by atoms with Crippen molar-refractivity contribution in [1.29, 1.82) is 0 Å². The van der Waals surface area contributed by atoms with Gasteiger partial charge in [-0.3, -0.25) is 15.0 Å². The number of likely N-dealkylation sites (tertiary alicyclic amines) is 1. The van der Waals surface area contributed by atoms with Crippen LogP contribution in [-0.4, -0.2) is 42.4 Å². The Kier molecular flexibility index (Phi) is 5.51. The standard InChI is InChI=1S/C15H19N5O4S2/c16-26(23,24)13-1-2-14(15(7-13)20(21)22)18-11-3-5-19(6-4-11)8-12-9-25-10-17-12/h1-2,7,9-11,18H,3-6,8H2,(H2,16,23,24). The van der Waals surface area contributed by atoms with E-state index in [1.54, 1.807) is 11.3 Å². The van der Waals surface area contributed by atoms with E-state index in [4.69, 9.17) is 5.14 Å². The molecular weight excluding hydrogens is 378 g/mol. The number of piperidine rings is 1. The Morgan fingerprint density at radius 3 is 2.69 bits per heavy atom. The first-order chi connectivity index (χ1) is 12.3. The number of nitrogens with one attached hydrogen (secondary N) is 1. The SMILES string of the molecule is NS(=O)(=O)c1ccc(NC2CCN(Cc3cscn3)CC2)c([N+](=O)[O-])c1. The van der Waals surface area contributed by atoms with Gasteiger partial charge in [0.25, 0.3) is 5.69 Å². The molecule has 0 spiro atoms. The second-order valence-electron chi connectivity index (χ2n) is 6.16. The molecule has 1 aromatic heterocycles. The minimum Gasteiger partial charge on any atom is -0.377 e. The van der Waals surface area contributed by atoms with Crippen LogP contribution in [0.5, 0.6) is 0 Å². The maximum Gasteiger partial charge on any atom is 0.293 e. The Morgan fingerprint density at radius 2 is 2.12 bits per heavy atom. The Labute approximate surface area is 155 Å². The number of anilines is 1. The molecule has 0 unspecified atom stereocenters. The normalized spacial score (nSPS) is 16.5. The Hall–Kier alpha value is -2.08. The third kappa shape index (κ3) is 4.55. The van der Waals surface area contributed by atoms with E-state index in [2.05, 4.69) is 15.2 Å². The first-order valence-electron chi connectivity index (χ1n) is 8.00. The number of hydrogen-bond donors (Lipinski definition) is 2. The lowest BCUT2D eigenvalue weighted by Crippen LogP contribution is -2.38. The van der Waals surface area contributed by atoms with Crippen molar-refractivity contribution in [3.05, 3.63) is 44.9 Å². The largest absolute Gasteiger partial charge is 0.377 e. The average Bonchev–Trinajstić information content (AvgIpc) is 3.09.